The number of piperidine rings is 1. The molecule has 1 aliphatic heterocycles. The van der Waals surface area contributed by atoms with Gasteiger partial charge in [0.1, 0.15) is 0 Å². The number of aryl methyl sites for hydroxylation is 1. The summed E-state index contributed by atoms with van der Waals surface area (Å²) in [5.74, 6) is 0.0794. The van der Waals surface area contributed by atoms with Crippen LogP contribution in [0.15, 0.2) is 24.3 Å². The molecule has 1 heterocycles. The highest BCUT2D eigenvalue weighted by molar-refractivity contribution is 5.94. The van der Waals surface area contributed by atoms with Crippen LogP contribution in [0.3, 0.4) is 0 Å². The molecule has 1 fully saturated rings. The van der Waals surface area contributed by atoms with Gasteiger partial charge in [0.05, 0.1) is 11.7 Å². The molecule has 1 aromatic rings. The minimum atomic E-state index is -0.655. The van der Waals surface area contributed by atoms with Gasteiger partial charge in [-0.2, -0.15) is 0 Å². The second-order valence-electron chi connectivity index (χ2n) is 6.76. The number of likely N-dealkylation sites (tertiary alicyclic amines) is 1. The van der Waals surface area contributed by atoms with Crippen LogP contribution in [0.5, 0.6) is 0 Å². The van der Waals surface area contributed by atoms with Crippen LogP contribution in [0.25, 0.3) is 0 Å². The second-order valence-corrected chi connectivity index (χ2v) is 6.76. The van der Waals surface area contributed by atoms with E-state index in [9.17, 15) is 9.90 Å². The van der Waals surface area contributed by atoms with Gasteiger partial charge in [-0.3, -0.25) is 4.79 Å². The Hall–Kier alpha value is -1.39. The summed E-state index contributed by atoms with van der Waals surface area (Å²) in [6.45, 7) is 5.11. The Morgan fingerprint density at radius 3 is 2.64 bits per heavy atom. The molecule has 1 amide bonds. The van der Waals surface area contributed by atoms with E-state index in [-0.39, 0.29) is 12.0 Å². The standard InChI is InChI=1S/C18H27NO3/c1-18(2,21)11-10-14-6-8-15(9-7-14)17(20)19-12-4-5-16(13-19)22-3/h6-9,16,21H,4-5,10-13H2,1-3H3/t16-/m0/s1. The van der Waals surface area contributed by atoms with Crippen molar-refractivity contribution in [2.45, 2.75) is 51.2 Å². The molecule has 4 nitrogen and oxygen atoms in total. The molecule has 0 saturated carbocycles. The quantitative estimate of drug-likeness (QED) is 0.910. The van der Waals surface area contributed by atoms with Gasteiger partial charge < -0.3 is 14.7 Å². The average Bonchev–Trinajstić information content (AvgIpc) is 2.52. The van der Waals surface area contributed by atoms with Gasteiger partial charge in [-0.1, -0.05) is 12.1 Å². The normalized spacial score (nSPS) is 19.3. The van der Waals surface area contributed by atoms with Gasteiger partial charge in [-0.15, -0.1) is 0 Å². The largest absolute Gasteiger partial charge is 0.390 e. The number of aliphatic hydroxyl groups is 1. The van der Waals surface area contributed by atoms with Crippen molar-refractivity contribution in [1.29, 1.82) is 0 Å². The number of ether oxygens (including phenoxy) is 1. The van der Waals surface area contributed by atoms with Crippen molar-refractivity contribution in [3.05, 3.63) is 35.4 Å². The summed E-state index contributed by atoms with van der Waals surface area (Å²) in [6, 6.07) is 7.74. The number of amides is 1. The number of benzene rings is 1. The first-order valence-corrected chi connectivity index (χ1v) is 8.02. The maximum absolute atomic E-state index is 12.5. The van der Waals surface area contributed by atoms with Crippen molar-refractivity contribution >= 4 is 5.91 Å². The van der Waals surface area contributed by atoms with E-state index in [4.69, 9.17) is 4.74 Å². The van der Waals surface area contributed by atoms with Crippen LogP contribution < -0.4 is 0 Å². The molecule has 1 aliphatic rings. The third kappa shape index (κ3) is 4.82. The topological polar surface area (TPSA) is 49.8 Å². The maximum atomic E-state index is 12.5. The Balaban J connectivity index is 1.96. The highest BCUT2D eigenvalue weighted by Gasteiger charge is 2.24. The number of hydrogen-bond donors (Lipinski definition) is 1. The lowest BCUT2D eigenvalue weighted by molar-refractivity contribution is 0.0269. The SMILES string of the molecule is CO[C@H]1CCCN(C(=O)c2ccc(CCC(C)(C)O)cc2)C1. The molecule has 1 N–H and O–H groups in total. The zero-order valence-electron chi connectivity index (χ0n) is 13.8. The first kappa shape index (κ1) is 17.0. The Morgan fingerprint density at radius 2 is 2.05 bits per heavy atom. The predicted octanol–water partition coefficient (Wildman–Crippen LogP) is 2.64. The summed E-state index contributed by atoms with van der Waals surface area (Å²) in [7, 11) is 1.70. The number of hydrogen-bond acceptors (Lipinski definition) is 3. The molecule has 0 radical (unpaired) electrons. The molecule has 0 spiro atoms. The minimum Gasteiger partial charge on any atom is -0.390 e. The Kier molecular flexibility index (Phi) is 5.59. The third-order valence-corrected chi connectivity index (χ3v) is 4.23. The van der Waals surface area contributed by atoms with Crippen molar-refractivity contribution < 1.29 is 14.6 Å². The zero-order chi connectivity index (χ0) is 16.2. The van der Waals surface area contributed by atoms with Crippen LogP contribution in [-0.4, -0.2) is 47.8 Å². The molecule has 1 saturated heterocycles. The van der Waals surface area contributed by atoms with Crippen molar-refractivity contribution in [1.82, 2.24) is 4.90 Å². The second kappa shape index (κ2) is 7.25. The fraction of sp³-hybridized carbons (Fsp3) is 0.611. The Labute approximate surface area is 133 Å². The first-order valence-electron chi connectivity index (χ1n) is 8.02. The van der Waals surface area contributed by atoms with Crippen molar-refractivity contribution in [2.24, 2.45) is 0 Å². The molecule has 0 aromatic heterocycles. The highest BCUT2D eigenvalue weighted by atomic mass is 16.5. The van der Waals surface area contributed by atoms with Crippen LogP contribution in [-0.2, 0) is 11.2 Å². The summed E-state index contributed by atoms with van der Waals surface area (Å²) < 4.78 is 5.37. The molecule has 2 rings (SSSR count). The molecular weight excluding hydrogens is 278 g/mol. The lowest BCUT2D eigenvalue weighted by Gasteiger charge is -2.32. The number of rotatable bonds is 5. The van der Waals surface area contributed by atoms with Gasteiger partial charge in [0.15, 0.2) is 0 Å². The van der Waals surface area contributed by atoms with Gasteiger partial charge in [0.2, 0.25) is 0 Å². The minimum absolute atomic E-state index is 0.0794. The molecular formula is C18H27NO3. The van der Waals surface area contributed by atoms with E-state index >= 15 is 0 Å². The van der Waals surface area contributed by atoms with Gasteiger partial charge in [-0.05, 0) is 57.2 Å². The van der Waals surface area contributed by atoms with E-state index in [0.29, 0.717) is 13.0 Å². The van der Waals surface area contributed by atoms with E-state index in [2.05, 4.69) is 0 Å². The summed E-state index contributed by atoms with van der Waals surface area (Å²) in [5, 5.41) is 9.77. The summed E-state index contributed by atoms with van der Waals surface area (Å²) in [4.78, 5) is 14.4. The van der Waals surface area contributed by atoms with Crippen LogP contribution in [0.2, 0.25) is 0 Å². The fourth-order valence-corrected chi connectivity index (χ4v) is 2.76. The average molecular weight is 305 g/mol. The molecule has 1 aromatic carbocycles. The molecule has 4 heteroatoms. The summed E-state index contributed by atoms with van der Waals surface area (Å²) >= 11 is 0. The molecule has 22 heavy (non-hydrogen) atoms. The lowest BCUT2D eigenvalue weighted by Crippen LogP contribution is -2.42. The Morgan fingerprint density at radius 1 is 1.36 bits per heavy atom. The van der Waals surface area contributed by atoms with E-state index in [1.807, 2.05) is 43.0 Å². The van der Waals surface area contributed by atoms with Crippen molar-refractivity contribution in [3.63, 3.8) is 0 Å². The Bertz CT molecular complexity index is 490. The van der Waals surface area contributed by atoms with Crippen LogP contribution in [0.4, 0.5) is 0 Å². The summed E-state index contributed by atoms with van der Waals surface area (Å²) in [5.41, 5.74) is 1.22. The van der Waals surface area contributed by atoms with Crippen LogP contribution in [0, 0.1) is 0 Å². The van der Waals surface area contributed by atoms with Crippen LogP contribution in [0.1, 0.15) is 49.0 Å². The van der Waals surface area contributed by atoms with Crippen LogP contribution >= 0.6 is 0 Å². The van der Waals surface area contributed by atoms with Crippen molar-refractivity contribution in [2.75, 3.05) is 20.2 Å². The lowest BCUT2D eigenvalue weighted by atomic mass is 9.98. The fourth-order valence-electron chi connectivity index (χ4n) is 2.76. The van der Waals surface area contributed by atoms with Gasteiger partial charge >= 0.3 is 0 Å². The number of carbonyl (C=O) groups is 1. The molecule has 122 valence electrons. The zero-order valence-corrected chi connectivity index (χ0v) is 13.8. The highest BCUT2D eigenvalue weighted by Crippen LogP contribution is 2.17. The van der Waals surface area contributed by atoms with Gasteiger partial charge in [0.25, 0.3) is 5.91 Å². The number of carbonyl (C=O) groups excluding carboxylic acids is 1. The first-order chi connectivity index (χ1) is 10.4. The van der Waals surface area contributed by atoms with Gasteiger partial charge in [0, 0.05) is 25.8 Å². The van der Waals surface area contributed by atoms with E-state index in [1.165, 1.54) is 0 Å². The van der Waals surface area contributed by atoms with Crippen molar-refractivity contribution in [3.8, 4) is 0 Å². The molecule has 0 unspecified atom stereocenters. The summed E-state index contributed by atoms with van der Waals surface area (Å²) in [6.07, 6.45) is 3.70. The monoisotopic (exact) mass is 305 g/mol. The predicted molar refractivity (Wildman–Crippen MR) is 87.0 cm³/mol. The van der Waals surface area contributed by atoms with Gasteiger partial charge in [-0.25, -0.2) is 0 Å². The van der Waals surface area contributed by atoms with E-state index in [1.54, 1.807) is 7.11 Å². The molecule has 0 aliphatic carbocycles. The smallest absolute Gasteiger partial charge is 0.253 e. The van der Waals surface area contributed by atoms with E-state index in [0.717, 1.165) is 36.9 Å². The number of nitrogens with zero attached hydrogens (tertiary/aromatic N) is 1. The maximum Gasteiger partial charge on any atom is 0.253 e. The third-order valence-electron chi connectivity index (χ3n) is 4.23. The molecule has 1 atom stereocenters. The molecule has 0 bridgehead atoms. The van der Waals surface area contributed by atoms with E-state index < -0.39 is 5.60 Å². The number of methoxy groups -OCH3 is 1.